The van der Waals surface area contributed by atoms with E-state index in [0.717, 1.165) is 60.8 Å². The molecule has 14 heteroatoms. The minimum atomic E-state index is -0.833. The molecule has 0 fully saturated rings. The number of hydrogen-bond acceptors (Lipinski definition) is 9. The molecule has 0 aliphatic heterocycles. The third-order valence-corrected chi connectivity index (χ3v) is 2.13. The van der Waals surface area contributed by atoms with Gasteiger partial charge in [-0.2, -0.15) is 0 Å². The molecule has 0 unspecified atom stereocenters. The Labute approximate surface area is 205 Å². The fourth-order valence-corrected chi connectivity index (χ4v) is 1.35. The summed E-state index contributed by atoms with van der Waals surface area (Å²) < 4.78 is 0. The Morgan fingerprint density at radius 1 is 0.714 bits per heavy atom. The third-order valence-electron chi connectivity index (χ3n) is 2.13. The molecule has 0 saturated carbocycles. The number of carboxylic acid groups (broad SMARTS) is 5. The Hall–Kier alpha value is -3.59. The lowest BCUT2D eigenvalue weighted by Gasteiger charge is -2.16. The van der Waals surface area contributed by atoms with Crippen molar-refractivity contribution in [1.82, 2.24) is 10.3 Å². The van der Waals surface area contributed by atoms with Gasteiger partial charge < -0.3 is 36.6 Å². The van der Waals surface area contributed by atoms with Crippen molar-refractivity contribution in [1.29, 1.82) is 0 Å². The van der Waals surface area contributed by atoms with E-state index in [-0.39, 0.29) is 0 Å². The molecule has 0 amide bonds. The summed E-state index contributed by atoms with van der Waals surface area (Å²) in [5.41, 5.74) is 6.60. The van der Waals surface area contributed by atoms with Gasteiger partial charge in [-0.3, -0.25) is 29.8 Å². The second kappa shape index (κ2) is 32.6. The van der Waals surface area contributed by atoms with Crippen LogP contribution >= 0.6 is 0 Å². The van der Waals surface area contributed by atoms with Crippen LogP contribution < -0.4 is 16.9 Å². The molecule has 0 saturated heterocycles. The van der Waals surface area contributed by atoms with E-state index < -0.39 is 29.8 Å². The summed E-state index contributed by atoms with van der Waals surface area (Å²) in [4.78, 5) is 45.0. The SMILES string of the molecule is CC(=O)O.CC(=O)O.CC(=O)O.CC(=O)O.CC(=O)O.NCCNCCN(N)Cc1ccccc1. The molecule has 0 aromatic heterocycles. The zero-order chi connectivity index (χ0) is 28.8. The fraction of sp³-hybridized carbons (Fsp3) is 0.476. The predicted molar refractivity (Wildman–Crippen MR) is 130 cm³/mol. The lowest BCUT2D eigenvalue weighted by Crippen LogP contribution is -2.37. The zero-order valence-corrected chi connectivity index (χ0v) is 20.8. The lowest BCUT2D eigenvalue weighted by molar-refractivity contribution is -0.135. The highest BCUT2D eigenvalue weighted by Gasteiger charge is 1.99. The molecule has 0 heterocycles. The van der Waals surface area contributed by atoms with Crippen LogP contribution in [0.2, 0.25) is 0 Å². The fourth-order valence-electron chi connectivity index (χ4n) is 1.35. The Bertz CT molecular complexity index is 584. The summed E-state index contributed by atoms with van der Waals surface area (Å²) in [6.45, 7) is 9.42. The van der Waals surface area contributed by atoms with Gasteiger partial charge in [0.05, 0.1) is 0 Å². The number of aliphatic carboxylic acids is 5. The Kier molecular flexibility index (Phi) is 38.8. The molecule has 0 aliphatic carbocycles. The van der Waals surface area contributed by atoms with Crippen LogP contribution in [0.1, 0.15) is 40.2 Å². The van der Waals surface area contributed by atoms with Crippen LogP contribution in [0.15, 0.2) is 30.3 Å². The van der Waals surface area contributed by atoms with Crippen LogP contribution in [0.3, 0.4) is 0 Å². The van der Waals surface area contributed by atoms with Crippen LogP contribution in [0.4, 0.5) is 0 Å². The number of carboxylic acids is 5. The first-order valence-corrected chi connectivity index (χ1v) is 9.91. The first-order chi connectivity index (χ1) is 16.0. The second-order valence-corrected chi connectivity index (χ2v) is 6.09. The molecule has 0 radical (unpaired) electrons. The smallest absolute Gasteiger partial charge is 0.300 e. The van der Waals surface area contributed by atoms with E-state index in [4.69, 9.17) is 61.1 Å². The van der Waals surface area contributed by atoms with Crippen LogP contribution in [0.5, 0.6) is 0 Å². The van der Waals surface area contributed by atoms with Crippen molar-refractivity contribution in [2.24, 2.45) is 11.6 Å². The van der Waals surface area contributed by atoms with E-state index in [2.05, 4.69) is 17.4 Å². The maximum absolute atomic E-state index is 9.00. The standard InChI is InChI=1S/C11H20N4.5C2H4O2/c12-6-7-14-8-9-15(13)10-11-4-2-1-3-5-11;5*1-2(3)4/h1-5,14H,6-10,12-13H2;5*1H3,(H,3,4). The van der Waals surface area contributed by atoms with Crippen molar-refractivity contribution in [3.63, 3.8) is 0 Å². The molecule has 35 heavy (non-hydrogen) atoms. The van der Waals surface area contributed by atoms with E-state index in [9.17, 15) is 0 Å². The van der Waals surface area contributed by atoms with Crippen molar-refractivity contribution >= 4 is 29.8 Å². The van der Waals surface area contributed by atoms with Gasteiger partial charge in [0.1, 0.15) is 0 Å². The monoisotopic (exact) mass is 508 g/mol. The molecule has 10 N–H and O–H groups in total. The number of nitrogens with zero attached hydrogens (tertiary/aromatic N) is 1. The number of rotatable bonds is 7. The van der Waals surface area contributed by atoms with Gasteiger partial charge >= 0.3 is 0 Å². The van der Waals surface area contributed by atoms with Crippen molar-refractivity contribution < 1.29 is 49.5 Å². The van der Waals surface area contributed by atoms with Crippen molar-refractivity contribution in [2.75, 3.05) is 26.2 Å². The predicted octanol–water partition coefficient (Wildman–Crippen LogP) is 0.365. The normalized spacial score (nSPS) is 8.23. The highest BCUT2D eigenvalue weighted by atomic mass is 16.4. The van der Waals surface area contributed by atoms with E-state index in [1.54, 1.807) is 5.01 Å². The molecular weight excluding hydrogens is 468 g/mol. The van der Waals surface area contributed by atoms with Gasteiger partial charge in [0, 0.05) is 67.3 Å². The summed E-state index contributed by atoms with van der Waals surface area (Å²) in [5.74, 6) is 1.68. The largest absolute Gasteiger partial charge is 0.481 e. The quantitative estimate of drug-likeness (QED) is 0.141. The summed E-state index contributed by atoms with van der Waals surface area (Å²) in [7, 11) is 0. The van der Waals surface area contributed by atoms with Crippen LogP contribution in [-0.2, 0) is 30.5 Å². The highest BCUT2D eigenvalue weighted by molar-refractivity contribution is 5.63. The highest BCUT2D eigenvalue weighted by Crippen LogP contribution is 2.00. The summed E-state index contributed by atoms with van der Waals surface area (Å²) in [5, 5.41) is 42.1. The average molecular weight is 509 g/mol. The van der Waals surface area contributed by atoms with Gasteiger partial charge in [-0.25, -0.2) is 5.01 Å². The second-order valence-electron chi connectivity index (χ2n) is 6.09. The molecule has 204 valence electrons. The number of carbonyl (C=O) groups is 5. The Balaban J connectivity index is -0.000000123. The number of nitrogens with two attached hydrogens (primary N) is 2. The van der Waals surface area contributed by atoms with Crippen molar-refractivity contribution in [2.45, 2.75) is 41.2 Å². The summed E-state index contributed by atoms with van der Waals surface area (Å²) >= 11 is 0. The molecule has 1 aromatic rings. The molecule has 1 rings (SSSR count). The van der Waals surface area contributed by atoms with Crippen molar-refractivity contribution in [3.05, 3.63) is 35.9 Å². The third kappa shape index (κ3) is 118. The molecule has 0 atom stereocenters. The lowest BCUT2D eigenvalue weighted by atomic mass is 10.2. The van der Waals surface area contributed by atoms with Gasteiger partial charge in [0.15, 0.2) is 0 Å². The first kappa shape index (κ1) is 41.6. The number of hydrazine groups is 1. The van der Waals surface area contributed by atoms with Crippen molar-refractivity contribution in [3.8, 4) is 0 Å². The Morgan fingerprint density at radius 3 is 1.31 bits per heavy atom. The zero-order valence-electron chi connectivity index (χ0n) is 20.8. The van der Waals surface area contributed by atoms with Gasteiger partial charge in [0.25, 0.3) is 29.8 Å². The van der Waals surface area contributed by atoms with Crippen LogP contribution in [0, 0.1) is 0 Å². The van der Waals surface area contributed by atoms with Gasteiger partial charge in [0.2, 0.25) is 0 Å². The summed E-state index contributed by atoms with van der Waals surface area (Å²) in [6, 6.07) is 10.2. The number of benzene rings is 1. The van der Waals surface area contributed by atoms with Gasteiger partial charge in [-0.1, -0.05) is 30.3 Å². The average Bonchev–Trinajstić information content (AvgIpc) is 2.64. The van der Waals surface area contributed by atoms with Gasteiger partial charge in [-0.15, -0.1) is 0 Å². The van der Waals surface area contributed by atoms with E-state index in [1.807, 2.05) is 18.2 Å². The van der Waals surface area contributed by atoms with E-state index >= 15 is 0 Å². The van der Waals surface area contributed by atoms with Gasteiger partial charge in [-0.05, 0) is 5.56 Å². The molecular formula is C21H40N4O10. The molecule has 0 aliphatic rings. The molecule has 0 spiro atoms. The molecule has 0 bridgehead atoms. The molecule has 14 nitrogen and oxygen atoms in total. The van der Waals surface area contributed by atoms with Crippen LogP contribution in [0.25, 0.3) is 0 Å². The first-order valence-electron chi connectivity index (χ1n) is 9.91. The Morgan fingerprint density at radius 2 is 1.03 bits per heavy atom. The molecule has 1 aromatic carbocycles. The van der Waals surface area contributed by atoms with E-state index in [0.29, 0.717) is 6.54 Å². The topological polar surface area (TPSA) is 254 Å². The minimum Gasteiger partial charge on any atom is -0.481 e. The summed E-state index contributed by atoms with van der Waals surface area (Å²) in [6.07, 6.45) is 0. The number of nitrogens with one attached hydrogen (secondary N) is 1. The number of hydrogen-bond donors (Lipinski definition) is 8. The van der Waals surface area contributed by atoms with E-state index in [1.165, 1.54) is 5.56 Å². The minimum absolute atomic E-state index is 0.670. The maximum Gasteiger partial charge on any atom is 0.300 e. The maximum atomic E-state index is 9.00. The van der Waals surface area contributed by atoms with Crippen LogP contribution in [-0.4, -0.2) is 86.6 Å².